The van der Waals surface area contributed by atoms with E-state index in [0.29, 0.717) is 5.92 Å². The van der Waals surface area contributed by atoms with Crippen molar-refractivity contribution in [1.82, 2.24) is 10.3 Å². The van der Waals surface area contributed by atoms with Gasteiger partial charge in [0.25, 0.3) is 0 Å². The van der Waals surface area contributed by atoms with Gasteiger partial charge in [0.2, 0.25) is 0 Å². The van der Waals surface area contributed by atoms with Crippen molar-refractivity contribution in [2.24, 2.45) is 5.92 Å². The van der Waals surface area contributed by atoms with Crippen LogP contribution in [0.15, 0.2) is 52.5 Å². The molecule has 0 spiro atoms. The van der Waals surface area contributed by atoms with Crippen LogP contribution in [-0.2, 0) is 6.54 Å². The third-order valence-electron chi connectivity index (χ3n) is 2.79. The lowest BCUT2D eigenvalue weighted by Gasteiger charge is -2.13. The van der Waals surface area contributed by atoms with E-state index in [2.05, 4.69) is 30.2 Å². The summed E-state index contributed by atoms with van der Waals surface area (Å²) in [6.45, 7) is 6.26. The third kappa shape index (κ3) is 4.51. The van der Waals surface area contributed by atoms with Crippen LogP contribution in [0.3, 0.4) is 0 Å². The quantitative estimate of drug-likeness (QED) is 0.842. The largest absolute Gasteiger partial charge is 0.312 e. The lowest BCUT2D eigenvalue weighted by Crippen LogP contribution is -2.19. The molecule has 2 aromatic rings. The fourth-order valence-electron chi connectivity index (χ4n) is 1.83. The second-order valence-electron chi connectivity index (χ2n) is 5.04. The van der Waals surface area contributed by atoms with Gasteiger partial charge in [0.05, 0.1) is 5.02 Å². The lowest BCUT2D eigenvalue weighted by atomic mass is 10.2. The van der Waals surface area contributed by atoms with Crippen LogP contribution in [0.2, 0.25) is 5.02 Å². The van der Waals surface area contributed by atoms with E-state index < -0.39 is 0 Å². The first-order chi connectivity index (χ1) is 9.66. The molecule has 2 rings (SSSR count). The summed E-state index contributed by atoms with van der Waals surface area (Å²) >= 11 is 8.04. The van der Waals surface area contributed by atoms with Gasteiger partial charge in [0.1, 0.15) is 0 Å². The predicted octanol–water partition coefficient (Wildman–Crippen LogP) is 4.63. The Balaban J connectivity index is 2.14. The molecular formula is C16H19ClN2S. The van der Waals surface area contributed by atoms with Crippen LogP contribution in [0.5, 0.6) is 0 Å². The molecule has 0 amide bonds. The minimum Gasteiger partial charge on any atom is -0.312 e. The lowest BCUT2D eigenvalue weighted by molar-refractivity contribution is 0.550. The summed E-state index contributed by atoms with van der Waals surface area (Å²) in [6, 6.07) is 10.1. The molecule has 1 N–H and O–H groups in total. The zero-order valence-corrected chi connectivity index (χ0v) is 13.3. The molecule has 0 saturated heterocycles. The smallest absolute Gasteiger partial charge is 0.0548 e. The number of benzene rings is 1. The number of aromatic nitrogens is 1. The van der Waals surface area contributed by atoms with Gasteiger partial charge in [-0.1, -0.05) is 49.3 Å². The number of rotatable bonds is 6. The Hall–Kier alpha value is -1.03. The van der Waals surface area contributed by atoms with Gasteiger partial charge in [-0.25, -0.2) is 0 Å². The summed E-state index contributed by atoms with van der Waals surface area (Å²) in [7, 11) is 0. The molecule has 1 heterocycles. The van der Waals surface area contributed by atoms with Gasteiger partial charge in [0.15, 0.2) is 0 Å². The van der Waals surface area contributed by atoms with Crippen molar-refractivity contribution in [1.29, 1.82) is 0 Å². The summed E-state index contributed by atoms with van der Waals surface area (Å²) in [5, 5.41) is 4.27. The minimum absolute atomic E-state index is 0.644. The zero-order valence-electron chi connectivity index (χ0n) is 11.8. The van der Waals surface area contributed by atoms with Crippen molar-refractivity contribution in [2.45, 2.75) is 30.2 Å². The summed E-state index contributed by atoms with van der Waals surface area (Å²) in [5.41, 5.74) is 1.24. The van der Waals surface area contributed by atoms with Crippen LogP contribution in [0.25, 0.3) is 0 Å². The molecule has 106 valence electrons. The maximum absolute atomic E-state index is 6.36. The summed E-state index contributed by atoms with van der Waals surface area (Å²) in [5.74, 6) is 0.644. The first-order valence-corrected chi connectivity index (χ1v) is 7.92. The van der Waals surface area contributed by atoms with Crippen molar-refractivity contribution in [2.75, 3.05) is 6.54 Å². The number of pyridine rings is 1. The molecule has 0 aliphatic carbocycles. The van der Waals surface area contributed by atoms with E-state index in [9.17, 15) is 0 Å². The van der Waals surface area contributed by atoms with Gasteiger partial charge in [-0.2, -0.15) is 0 Å². The number of nitrogens with zero attached hydrogens (tertiary/aromatic N) is 1. The molecule has 0 aliphatic heterocycles. The standard InChI is InChI=1S/C16H19ClN2S/c1-12(2)10-19-11-13-4-3-5-15(17)16(13)20-14-6-8-18-9-7-14/h3-9,12,19H,10-11H2,1-2H3. The van der Waals surface area contributed by atoms with Gasteiger partial charge < -0.3 is 5.32 Å². The highest BCUT2D eigenvalue weighted by Gasteiger charge is 2.09. The van der Waals surface area contributed by atoms with Crippen molar-refractivity contribution in [3.8, 4) is 0 Å². The average molecular weight is 307 g/mol. The number of nitrogens with one attached hydrogen (secondary N) is 1. The molecular weight excluding hydrogens is 288 g/mol. The van der Waals surface area contributed by atoms with E-state index in [1.807, 2.05) is 24.3 Å². The Labute approximate surface area is 130 Å². The molecule has 0 radical (unpaired) electrons. The van der Waals surface area contributed by atoms with Crippen molar-refractivity contribution in [3.63, 3.8) is 0 Å². The first kappa shape index (κ1) is 15.4. The van der Waals surface area contributed by atoms with Gasteiger partial charge in [-0.3, -0.25) is 4.98 Å². The molecule has 4 heteroatoms. The Kier molecular flexibility index (Phi) is 5.89. The monoisotopic (exact) mass is 306 g/mol. The fraction of sp³-hybridized carbons (Fsp3) is 0.312. The second kappa shape index (κ2) is 7.67. The highest BCUT2D eigenvalue weighted by Crippen LogP contribution is 2.35. The molecule has 1 aromatic heterocycles. The van der Waals surface area contributed by atoms with Crippen molar-refractivity contribution in [3.05, 3.63) is 53.3 Å². The van der Waals surface area contributed by atoms with Crippen LogP contribution in [0, 0.1) is 5.92 Å². The van der Waals surface area contributed by atoms with Gasteiger partial charge >= 0.3 is 0 Å². The van der Waals surface area contributed by atoms with Crippen LogP contribution >= 0.6 is 23.4 Å². The number of hydrogen-bond donors (Lipinski definition) is 1. The summed E-state index contributed by atoms with van der Waals surface area (Å²) in [4.78, 5) is 6.32. The zero-order chi connectivity index (χ0) is 14.4. The van der Waals surface area contributed by atoms with E-state index in [-0.39, 0.29) is 0 Å². The van der Waals surface area contributed by atoms with Crippen molar-refractivity contribution >= 4 is 23.4 Å². The van der Waals surface area contributed by atoms with Crippen LogP contribution in [-0.4, -0.2) is 11.5 Å². The molecule has 0 saturated carbocycles. The van der Waals surface area contributed by atoms with E-state index in [1.165, 1.54) is 5.56 Å². The molecule has 0 atom stereocenters. The number of halogens is 1. The molecule has 20 heavy (non-hydrogen) atoms. The molecule has 0 aliphatic rings. The third-order valence-corrected chi connectivity index (χ3v) is 4.41. The average Bonchev–Trinajstić information content (AvgIpc) is 2.43. The van der Waals surface area contributed by atoms with Gasteiger partial charge in [-0.15, -0.1) is 0 Å². The Morgan fingerprint density at radius 3 is 2.65 bits per heavy atom. The van der Waals surface area contributed by atoms with Crippen LogP contribution in [0.1, 0.15) is 19.4 Å². The maximum Gasteiger partial charge on any atom is 0.0548 e. The van der Waals surface area contributed by atoms with Crippen molar-refractivity contribution < 1.29 is 0 Å². The predicted molar refractivity (Wildman–Crippen MR) is 86.4 cm³/mol. The van der Waals surface area contributed by atoms with Gasteiger partial charge in [-0.05, 0) is 36.2 Å². The highest BCUT2D eigenvalue weighted by molar-refractivity contribution is 7.99. The Bertz CT molecular complexity index is 543. The minimum atomic E-state index is 0.644. The fourth-order valence-corrected chi connectivity index (χ4v) is 3.07. The van der Waals surface area contributed by atoms with Crippen LogP contribution in [0.4, 0.5) is 0 Å². The SMILES string of the molecule is CC(C)CNCc1cccc(Cl)c1Sc1ccncc1. The molecule has 2 nitrogen and oxygen atoms in total. The molecule has 1 aromatic carbocycles. The van der Waals surface area contributed by atoms with E-state index in [1.54, 1.807) is 24.2 Å². The highest BCUT2D eigenvalue weighted by atomic mass is 35.5. The topological polar surface area (TPSA) is 24.9 Å². The molecule has 0 bridgehead atoms. The Morgan fingerprint density at radius 2 is 1.95 bits per heavy atom. The summed E-state index contributed by atoms with van der Waals surface area (Å²) < 4.78 is 0. The van der Waals surface area contributed by atoms with Gasteiger partial charge in [0, 0.05) is 28.7 Å². The normalized spacial score (nSPS) is 11.0. The molecule has 0 unspecified atom stereocenters. The first-order valence-electron chi connectivity index (χ1n) is 6.73. The second-order valence-corrected chi connectivity index (χ2v) is 6.53. The maximum atomic E-state index is 6.36. The molecule has 0 fully saturated rings. The number of hydrogen-bond acceptors (Lipinski definition) is 3. The van der Waals surface area contributed by atoms with E-state index in [0.717, 1.165) is 27.9 Å². The van der Waals surface area contributed by atoms with E-state index >= 15 is 0 Å². The van der Waals surface area contributed by atoms with E-state index in [4.69, 9.17) is 11.6 Å². The summed E-state index contributed by atoms with van der Waals surface area (Å²) in [6.07, 6.45) is 3.60. The van der Waals surface area contributed by atoms with Crippen LogP contribution < -0.4 is 5.32 Å². The Morgan fingerprint density at radius 1 is 1.20 bits per heavy atom.